The van der Waals surface area contributed by atoms with E-state index < -0.39 is 0 Å². The summed E-state index contributed by atoms with van der Waals surface area (Å²) >= 11 is 0. The summed E-state index contributed by atoms with van der Waals surface area (Å²) in [5, 5.41) is 14.2. The van der Waals surface area contributed by atoms with Crippen LogP contribution in [0.25, 0.3) is 0 Å². The van der Waals surface area contributed by atoms with Gasteiger partial charge in [-0.05, 0) is 23.6 Å². The zero-order valence-corrected chi connectivity index (χ0v) is 11.6. The van der Waals surface area contributed by atoms with Crippen LogP contribution in [-0.2, 0) is 0 Å². The second kappa shape index (κ2) is 6.78. The monoisotopic (exact) mass is 263 g/mol. The van der Waals surface area contributed by atoms with Crippen molar-refractivity contribution < 1.29 is 10.0 Å². The first-order valence-corrected chi connectivity index (χ1v) is 6.31. The van der Waals surface area contributed by atoms with E-state index in [-0.39, 0.29) is 17.7 Å². The van der Waals surface area contributed by atoms with Crippen LogP contribution in [0, 0.1) is 5.92 Å². The smallest absolute Gasteiger partial charge is 0.251 e. The normalized spacial score (nSPS) is 13.4. The van der Waals surface area contributed by atoms with Gasteiger partial charge in [0.05, 0.1) is 0 Å². The van der Waals surface area contributed by atoms with Crippen LogP contribution in [0.2, 0.25) is 0 Å². The fraction of sp³-hybridized carbons (Fsp3) is 0.429. The second-order valence-electron chi connectivity index (χ2n) is 4.91. The molecule has 0 radical (unpaired) electrons. The van der Waals surface area contributed by atoms with Gasteiger partial charge < -0.3 is 16.3 Å². The number of carbonyl (C=O) groups excluding carboxylic acids is 1. The summed E-state index contributed by atoms with van der Waals surface area (Å²) in [5.41, 5.74) is 7.25. The minimum atomic E-state index is -0.205. The predicted octanol–water partition coefficient (Wildman–Crippen LogP) is 1.92. The Balaban J connectivity index is 2.59. The molecule has 0 aliphatic carbocycles. The van der Waals surface area contributed by atoms with E-state index in [9.17, 15) is 4.79 Å². The number of amidine groups is 1. The Kier molecular flexibility index (Phi) is 5.36. The quantitative estimate of drug-likeness (QED) is 0.328. The van der Waals surface area contributed by atoms with E-state index in [0.717, 1.165) is 0 Å². The third kappa shape index (κ3) is 4.28. The Labute approximate surface area is 113 Å². The summed E-state index contributed by atoms with van der Waals surface area (Å²) in [6, 6.07) is 7.51. The number of nitrogens with two attached hydrogens (primary N) is 1. The number of benzene rings is 1. The SMILES string of the molecule is CC(CNC(=O)c1ccc(C(C)C)cc1)C(N)=NO. The number of nitrogens with one attached hydrogen (secondary N) is 1. The van der Waals surface area contributed by atoms with E-state index in [2.05, 4.69) is 24.3 Å². The van der Waals surface area contributed by atoms with Crippen molar-refractivity contribution in [1.82, 2.24) is 5.32 Å². The average Bonchev–Trinajstić information content (AvgIpc) is 2.43. The van der Waals surface area contributed by atoms with Gasteiger partial charge >= 0.3 is 0 Å². The Hall–Kier alpha value is -2.04. The number of hydrogen-bond donors (Lipinski definition) is 3. The van der Waals surface area contributed by atoms with Crippen molar-refractivity contribution in [3.05, 3.63) is 35.4 Å². The van der Waals surface area contributed by atoms with Gasteiger partial charge in [0.1, 0.15) is 5.84 Å². The van der Waals surface area contributed by atoms with Gasteiger partial charge in [-0.15, -0.1) is 0 Å². The van der Waals surface area contributed by atoms with E-state index in [0.29, 0.717) is 18.0 Å². The van der Waals surface area contributed by atoms with Gasteiger partial charge in [-0.1, -0.05) is 38.1 Å². The first-order chi connectivity index (χ1) is 8.95. The molecule has 0 fully saturated rings. The fourth-order valence-corrected chi connectivity index (χ4v) is 1.57. The molecule has 0 heterocycles. The number of nitrogens with zero attached hydrogens (tertiary/aromatic N) is 1. The van der Waals surface area contributed by atoms with Crippen LogP contribution in [0.3, 0.4) is 0 Å². The molecule has 0 aromatic heterocycles. The maximum Gasteiger partial charge on any atom is 0.251 e. The van der Waals surface area contributed by atoms with Crippen molar-refractivity contribution in [2.75, 3.05) is 6.54 Å². The molecule has 0 aliphatic heterocycles. The molecule has 0 aliphatic rings. The van der Waals surface area contributed by atoms with Crippen LogP contribution in [0.4, 0.5) is 0 Å². The Bertz CT molecular complexity index is 452. The van der Waals surface area contributed by atoms with Crippen LogP contribution < -0.4 is 11.1 Å². The van der Waals surface area contributed by atoms with Crippen molar-refractivity contribution in [2.45, 2.75) is 26.7 Å². The highest BCUT2D eigenvalue weighted by Gasteiger charge is 2.11. The molecular formula is C14H21N3O2. The predicted molar refractivity (Wildman–Crippen MR) is 75.4 cm³/mol. The number of hydrogen-bond acceptors (Lipinski definition) is 3. The molecule has 1 rings (SSSR count). The van der Waals surface area contributed by atoms with Gasteiger partial charge in [0.25, 0.3) is 5.91 Å². The lowest BCUT2D eigenvalue weighted by Crippen LogP contribution is -2.34. The molecule has 1 atom stereocenters. The van der Waals surface area contributed by atoms with E-state index in [1.165, 1.54) is 5.56 Å². The summed E-state index contributed by atoms with van der Waals surface area (Å²) in [7, 11) is 0. The van der Waals surface area contributed by atoms with E-state index in [4.69, 9.17) is 10.9 Å². The van der Waals surface area contributed by atoms with Crippen molar-refractivity contribution in [3.8, 4) is 0 Å². The zero-order valence-electron chi connectivity index (χ0n) is 11.6. The highest BCUT2D eigenvalue weighted by Crippen LogP contribution is 2.14. The molecule has 19 heavy (non-hydrogen) atoms. The van der Waals surface area contributed by atoms with Gasteiger partial charge in [0.15, 0.2) is 0 Å². The maximum atomic E-state index is 11.9. The molecule has 0 bridgehead atoms. The summed E-state index contributed by atoms with van der Waals surface area (Å²) in [5.74, 6) is 0.185. The summed E-state index contributed by atoms with van der Waals surface area (Å²) < 4.78 is 0. The van der Waals surface area contributed by atoms with Crippen molar-refractivity contribution >= 4 is 11.7 Å². The lowest BCUT2D eigenvalue weighted by Gasteiger charge is -2.11. The van der Waals surface area contributed by atoms with E-state index >= 15 is 0 Å². The van der Waals surface area contributed by atoms with Crippen LogP contribution in [0.5, 0.6) is 0 Å². The Morgan fingerprint density at radius 3 is 2.37 bits per heavy atom. The molecular weight excluding hydrogens is 242 g/mol. The average molecular weight is 263 g/mol. The first-order valence-electron chi connectivity index (χ1n) is 6.31. The van der Waals surface area contributed by atoms with Crippen molar-refractivity contribution in [2.24, 2.45) is 16.8 Å². The Morgan fingerprint density at radius 1 is 1.32 bits per heavy atom. The van der Waals surface area contributed by atoms with Crippen LogP contribution >= 0.6 is 0 Å². The molecule has 0 saturated heterocycles. The molecule has 1 unspecified atom stereocenters. The van der Waals surface area contributed by atoms with Crippen LogP contribution in [0.1, 0.15) is 42.6 Å². The minimum absolute atomic E-state index is 0.107. The summed E-state index contributed by atoms with van der Waals surface area (Å²) in [4.78, 5) is 11.9. The number of oxime groups is 1. The zero-order chi connectivity index (χ0) is 14.4. The topological polar surface area (TPSA) is 87.7 Å². The molecule has 4 N–H and O–H groups in total. The minimum Gasteiger partial charge on any atom is -0.409 e. The molecule has 104 valence electrons. The Morgan fingerprint density at radius 2 is 1.89 bits per heavy atom. The third-order valence-electron chi connectivity index (χ3n) is 3.03. The van der Waals surface area contributed by atoms with Gasteiger partial charge in [0, 0.05) is 18.0 Å². The van der Waals surface area contributed by atoms with E-state index in [1.807, 2.05) is 12.1 Å². The van der Waals surface area contributed by atoms with E-state index in [1.54, 1.807) is 19.1 Å². The molecule has 1 amide bonds. The summed E-state index contributed by atoms with van der Waals surface area (Å²) in [6.07, 6.45) is 0. The maximum absolute atomic E-state index is 11.9. The standard InChI is InChI=1S/C14H21N3O2/c1-9(2)11-4-6-12(7-5-11)14(18)16-8-10(3)13(15)17-19/h4-7,9-10,19H,8H2,1-3H3,(H2,15,17)(H,16,18). The van der Waals surface area contributed by atoms with Gasteiger partial charge in [-0.2, -0.15) is 0 Å². The lowest BCUT2D eigenvalue weighted by atomic mass is 10.0. The largest absolute Gasteiger partial charge is 0.409 e. The molecule has 5 nitrogen and oxygen atoms in total. The molecule has 5 heteroatoms. The fourth-order valence-electron chi connectivity index (χ4n) is 1.57. The van der Waals surface area contributed by atoms with Crippen LogP contribution in [0.15, 0.2) is 29.4 Å². The number of carbonyl (C=O) groups is 1. The molecule has 1 aromatic carbocycles. The molecule has 0 saturated carbocycles. The first kappa shape index (κ1) is 15.0. The van der Waals surface area contributed by atoms with Crippen LogP contribution in [-0.4, -0.2) is 23.5 Å². The lowest BCUT2D eigenvalue weighted by molar-refractivity contribution is 0.0951. The number of rotatable bonds is 5. The highest BCUT2D eigenvalue weighted by atomic mass is 16.4. The van der Waals surface area contributed by atoms with Gasteiger partial charge in [0.2, 0.25) is 0 Å². The summed E-state index contributed by atoms with van der Waals surface area (Å²) in [6.45, 7) is 6.32. The van der Waals surface area contributed by atoms with Gasteiger partial charge in [-0.3, -0.25) is 4.79 Å². The van der Waals surface area contributed by atoms with Crippen molar-refractivity contribution in [1.29, 1.82) is 0 Å². The van der Waals surface area contributed by atoms with Gasteiger partial charge in [-0.25, -0.2) is 0 Å². The van der Waals surface area contributed by atoms with Crippen molar-refractivity contribution in [3.63, 3.8) is 0 Å². The molecule has 0 spiro atoms. The number of amides is 1. The second-order valence-corrected chi connectivity index (χ2v) is 4.91. The third-order valence-corrected chi connectivity index (χ3v) is 3.03. The highest BCUT2D eigenvalue weighted by molar-refractivity contribution is 5.94. The molecule has 1 aromatic rings.